The van der Waals surface area contributed by atoms with Gasteiger partial charge in [0, 0.05) is 38.2 Å². The number of nitrogens with one attached hydrogen (secondary N) is 3. The summed E-state index contributed by atoms with van der Waals surface area (Å²) in [6.45, 7) is 11.8. The summed E-state index contributed by atoms with van der Waals surface area (Å²) in [5, 5.41) is 17.7. The maximum Gasteiger partial charge on any atom is 0.420 e. The number of anilines is 2. The molecule has 2 fully saturated rings. The number of aryl methyl sites for hydroxylation is 2. The smallest absolute Gasteiger partial charge is 0.356 e. The minimum Gasteiger partial charge on any atom is -0.356 e. The van der Waals surface area contributed by atoms with Gasteiger partial charge in [-0.15, -0.1) is 11.3 Å². The van der Waals surface area contributed by atoms with Crippen molar-refractivity contribution in [3.8, 4) is 16.5 Å². The second kappa shape index (κ2) is 22.2. The van der Waals surface area contributed by atoms with Crippen LogP contribution in [-0.4, -0.2) is 80.2 Å². The number of unbranched alkanes of at least 4 members (excludes halogenated alkanes) is 2. The molecule has 3 N–H and O–H groups in total. The molecule has 14 nitrogen and oxygen atoms in total. The van der Waals surface area contributed by atoms with Gasteiger partial charge >= 0.3 is 6.18 Å². The number of thiocarbonyl (C=S) groups is 1. The fourth-order valence-corrected chi connectivity index (χ4v) is 9.92. The monoisotopic (exact) mass is 1000 g/mol. The molecule has 372 valence electrons. The van der Waals surface area contributed by atoms with Gasteiger partial charge in [0.1, 0.15) is 23.2 Å². The van der Waals surface area contributed by atoms with Crippen molar-refractivity contribution in [2.24, 2.45) is 5.41 Å². The Kier molecular flexibility index (Phi) is 16.8. The molecule has 5 amide bonds. The lowest BCUT2D eigenvalue weighted by Gasteiger charge is -2.35. The van der Waals surface area contributed by atoms with E-state index in [1.54, 1.807) is 28.4 Å². The molecule has 2 unspecified atom stereocenters. The molecule has 4 aromatic rings. The highest BCUT2D eigenvalue weighted by atomic mass is 32.1. The van der Waals surface area contributed by atoms with E-state index in [9.17, 15) is 37.1 Å². The predicted molar refractivity (Wildman–Crippen MR) is 262 cm³/mol. The first kappa shape index (κ1) is 53.0. The second-order valence-electron chi connectivity index (χ2n) is 19.0. The number of aromatic nitrogens is 2. The van der Waals surface area contributed by atoms with Gasteiger partial charge in [0.15, 0.2) is 10.9 Å². The SMILES string of the molecule is Cc1ncsc1-c1ccc(CNC(=O)C2CCCN2C(=O)C(NC(=O)CCCCCNC(=O)CCCc2ccc(N3C(=S)N(c4ccc(C#N)c(C(F)(F)F)c4F)C(=O)C3(C)C)cn2)C(C)(C)C)cc1. The van der Waals surface area contributed by atoms with Gasteiger partial charge in [-0.3, -0.25) is 33.9 Å². The van der Waals surface area contributed by atoms with E-state index in [0.717, 1.165) is 33.8 Å². The number of hydrogen-bond donors (Lipinski definition) is 3. The molecule has 0 saturated carbocycles. The third-order valence-corrected chi connectivity index (χ3v) is 13.8. The standard InChI is InChI=1S/C50H57F4N9O5S2/c1-30-42(70-29-59-30)32-18-16-31(17-19-32)27-58-44(66)37-13-11-25-61(37)45(67)43(48(2,3)4)60-39(65)14-8-7-9-24-56-38(64)15-10-12-34-21-22-35(28-57-34)63-47(69)62(46(68)49(63,5)6)36-23-20-33(26-55)40(41(36)51)50(52,53)54/h16-23,28-29,37,43H,7-15,24-25,27H2,1-6H3,(H,56,64)(H,58,66)(H,60,65). The first-order valence-electron chi connectivity index (χ1n) is 23.1. The molecule has 2 aromatic heterocycles. The molecular weight excluding hydrogens is 947 g/mol. The maximum absolute atomic E-state index is 15.4. The van der Waals surface area contributed by atoms with Crippen molar-refractivity contribution < 1.29 is 41.5 Å². The minimum atomic E-state index is -5.20. The molecule has 2 aromatic carbocycles. The summed E-state index contributed by atoms with van der Waals surface area (Å²) in [7, 11) is 0. The van der Waals surface area contributed by atoms with E-state index >= 15 is 4.39 Å². The highest BCUT2D eigenvalue weighted by Gasteiger charge is 2.52. The Morgan fingerprint density at radius 1 is 0.957 bits per heavy atom. The minimum absolute atomic E-state index is 0.155. The lowest BCUT2D eigenvalue weighted by atomic mass is 9.85. The lowest BCUT2D eigenvalue weighted by molar-refractivity contribution is -0.144. The molecule has 0 radical (unpaired) electrons. The molecular formula is C50H57F4N9O5S2. The molecule has 0 spiro atoms. The van der Waals surface area contributed by atoms with Gasteiger partial charge in [-0.05, 0) is 112 Å². The summed E-state index contributed by atoms with van der Waals surface area (Å²) < 4.78 is 56.6. The number of rotatable bonds is 18. The number of likely N-dealkylation sites (tertiary alicyclic amines) is 1. The number of carbonyl (C=O) groups excluding carboxylic acids is 5. The maximum atomic E-state index is 15.4. The van der Waals surface area contributed by atoms with Crippen LogP contribution < -0.4 is 25.8 Å². The highest BCUT2D eigenvalue weighted by Crippen LogP contribution is 2.42. The molecule has 6 rings (SSSR count). The van der Waals surface area contributed by atoms with Crippen LogP contribution in [0.2, 0.25) is 0 Å². The van der Waals surface area contributed by atoms with Crippen LogP contribution >= 0.6 is 23.6 Å². The summed E-state index contributed by atoms with van der Waals surface area (Å²) in [4.78, 5) is 80.2. The average Bonchev–Trinajstić information content (AvgIpc) is 4.02. The van der Waals surface area contributed by atoms with Crippen LogP contribution in [0.1, 0.15) is 114 Å². The van der Waals surface area contributed by atoms with Gasteiger partial charge in [-0.25, -0.2) is 9.37 Å². The average molecular weight is 1000 g/mol. The number of alkyl halides is 3. The van der Waals surface area contributed by atoms with Gasteiger partial charge in [0.25, 0.3) is 5.91 Å². The highest BCUT2D eigenvalue weighted by molar-refractivity contribution is 7.81. The van der Waals surface area contributed by atoms with Gasteiger partial charge in [-0.1, -0.05) is 51.5 Å². The van der Waals surface area contributed by atoms with Crippen LogP contribution in [0.15, 0.2) is 60.2 Å². The van der Waals surface area contributed by atoms with Gasteiger partial charge in [0.2, 0.25) is 23.6 Å². The zero-order chi connectivity index (χ0) is 51.1. The van der Waals surface area contributed by atoms with Crippen LogP contribution in [0.5, 0.6) is 0 Å². The Morgan fingerprint density at radius 2 is 1.67 bits per heavy atom. The first-order chi connectivity index (χ1) is 33.0. The van der Waals surface area contributed by atoms with E-state index in [-0.39, 0.29) is 41.6 Å². The van der Waals surface area contributed by atoms with Crippen molar-refractivity contribution in [1.82, 2.24) is 30.8 Å². The van der Waals surface area contributed by atoms with E-state index in [2.05, 4.69) is 25.9 Å². The molecule has 2 aliphatic rings. The van der Waals surface area contributed by atoms with Crippen LogP contribution in [0, 0.1) is 29.5 Å². The van der Waals surface area contributed by atoms with E-state index < -0.39 is 57.8 Å². The van der Waals surface area contributed by atoms with Crippen molar-refractivity contribution in [2.45, 2.75) is 130 Å². The second-order valence-corrected chi connectivity index (χ2v) is 20.2. The zero-order valence-corrected chi connectivity index (χ0v) is 41.6. The zero-order valence-electron chi connectivity index (χ0n) is 40.0. The Morgan fingerprint density at radius 3 is 2.30 bits per heavy atom. The Labute approximate surface area is 414 Å². The number of carbonyl (C=O) groups is 5. The molecule has 0 bridgehead atoms. The Hall–Kier alpha value is -6.33. The normalized spacial score (nSPS) is 16.3. The van der Waals surface area contributed by atoms with Gasteiger partial charge in [-0.2, -0.15) is 18.4 Å². The number of benzene rings is 2. The molecule has 0 aliphatic carbocycles. The third-order valence-electron chi connectivity index (χ3n) is 12.4. The summed E-state index contributed by atoms with van der Waals surface area (Å²) >= 11 is 7.08. The number of hydrogen-bond acceptors (Lipinski definition) is 10. The summed E-state index contributed by atoms with van der Waals surface area (Å²) in [5.41, 5.74) is 0.268. The number of nitrogens with zero attached hydrogens (tertiary/aromatic N) is 6. The van der Waals surface area contributed by atoms with E-state index in [4.69, 9.17) is 17.5 Å². The number of amides is 5. The summed E-state index contributed by atoms with van der Waals surface area (Å²) in [5.74, 6) is -3.49. The van der Waals surface area contributed by atoms with E-state index in [1.165, 1.54) is 31.0 Å². The third kappa shape index (κ3) is 12.2. The van der Waals surface area contributed by atoms with Gasteiger partial charge < -0.3 is 25.8 Å². The predicted octanol–water partition coefficient (Wildman–Crippen LogP) is 8.30. The largest absolute Gasteiger partial charge is 0.420 e. The van der Waals surface area contributed by atoms with E-state index in [1.807, 2.05) is 57.5 Å². The van der Waals surface area contributed by atoms with Crippen LogP contribution in [0.3, 0.4) is 0 Å². The van der Waals surface area contributed by atoms with Crippen molar-refractivity contribution >= 4 is 69.6 Å². The number of halogens is 4. The summed E-state index contributed by atoms with van der Waals surface area (Å²) in [6.07, 6.45) is 0.627. The van der Waals surface area contributed by atoms with Crippen LogP contribution in [-0.2, 0) is 43.1 Å². The molecule has 20 heteroatoms. The fourth-order valence-electron chi connectivity index (χ4n) is 8.59. The molecule has 2 aliphatic heterocycles. The van der Waals surface area contributed by atoms with Crippen molar-refractivity contribution in [3.63, 3.8) is 0 Å². The number of pyridine rings is 1. The van der Waals surface area contributed by atoms with Crippen molar-refractivity contribution in [2.75, 3.05) is 22.9 Å². The summed E-state index contributed by atoms with van der Waals surface area (Å²) in [6, 6.07) is 12.9. The first-order valence-corrected chi connectivity index (χ1v) is 24.4. The quantitative estimate of drug-likeness (QED) is 0.0499. The topological polar surface area (TPSA) is 181 Å². The van der Waals surface area contributed by atoms with E-state index in [0.29, 0.717) is 80.9 Å². The van der Waals surface area contributed by atoms with Crippen LogP contribution in [0.25, 0.3) is 10.4 Å². The molecule has 2 atom stereocenters. The van der Waals surface area contributed by atoms with Crippen LogP contribution in [0.4, 0.5) is 28.9 Å². The number of thiazole rings is 1. The van der Waals surface area contributed by atoms with Crippen molar-refractivity contribution in [3.05, 3.63) is 94.1 Å². The van der Waals surface area contributed by atoms with Gasteiger partial charge in [0.05, 0.1) is 45.3 Å². The molecule has 70 heavy (non-hydrogen) atoms. The van der Waals surface area contributed by atoms with Crippen molar-refractivity contribution in [1.29, 1.82) is 5.26 Å². The fraction of sp³-hybridized carbons (Fsp3) is 0.460. The lowest BCUT2D eigenvalue weighted by Crippen LogP contribution is -2.57. The Bertz CT molecular complexity index is 2640. The molecule has 2 saturated heterocycles. The Balaban J connectivity index is 0.898. The number of nitriles is 1. The molecule has 4 heterocycles.